The highest BCUT2D eigenvalue weighted by Gasteiger charge is 2.39. The van der Waals surface area contributed by atoms with Crippen molar-refractivity contribution in [2.75, 3.05) is 21.3 Å². The van der Waals surface area contributed by atoms with Crippen LogP contribution >= 0.6 is 46.4 Å². The number of rotatable bonds is 5. The van der Waals surface area contributed by atoms with Gasteiger partial charge < -0.3 is 11.5 Å². The van der Waals surface area contributed by atoms with Gasteiger partial charge in [0.1, 0.15) is 0 Å². The van der Waals surface area contributed by atoms with Crippen LogP contribution in [0, 0.1) is 0 Å². The van der Waals surface area contributed by atoms with Gasteiger partial charge in [0.15, 0.2) is 0 Å². The van der Waals surface area contributed by atoms with Crippen LogP contribution in [0.25, 0.3) is 33.4 Å². The first-order valence-corrected chi connectivity index (χ1v) is 17.2. The third-order valence-corrected chi connectivity index (χ3v) is 10.3. The molecule has 0 bridgehead atoms. The number of amides is 4. The van der Waals surface area contributed by atoms with Crippen LogP contribution in [0.15, 0.2) is 109 Å². The summed E-state index contributed by atoms with van der Waals surface area (Å²) in [4.78, 5) is 56.2. The molecule has 0 atom stereocenters. The average Bonchev–Trinajstić information content (AvgIpc) is 3.51. The van der Waals surface area contributed by atoms with Crippen LogP contribution in [0.3, 0.4) is 0 Å². The van der Waals surface area contributed by atoms with E-state index in [1.54, 1.807) is 97.1 Å². The summed E-state index contributed by atoms with van der Waals surface area (Å²) >= 11 is 26.3. The molecule has 52 heavy (non-hydrogen) atoms. The second-order valence-electron chi connectivity index (χ2n) is 12.2. The van der Waals surface area contributed by atoms with E-state index in [-0.39, 0.29) is 43.7 Å². The Bertz CT molecular complexity index is 2430. The van der Waals surface area contributed by atoms with E-state index < -0.39 is 23.6 Å². The van der Waals surface area contributed by atoms with Crippen molar-refractivity contribution in [3.63, 3.8) is 0 Å². The topological polar surface area (TPSA) is 127 Å². The molecular formula is C40H22Cl4N4O4. The lowest BCUT2D eigenvalue weighted by Crippen LogP contribution is -2.29. The Morgan fingerprint density at radius 1 is 0.346 bits per heavy atom. The molecule has 0 spiro atoms. The Hall–Kier alpha value is -5.64. The Kier molecular flexibility index (Phi) is 8.08. The number of halogens is 4. The van der Waals surface area contributed by atoms with Crippen LogP contribution in [-0.4, -0.2) is 23.6 Å². The molecule has 4 amide bonds. The van der Waals surface area contributed by atoms with Gasteiger partial charge in [-0.25, -0.2) is 9.80 Å². The Morgan fingerprint density at radius 3 is 1.04 bits per heavy atom. The summed E-state index contributed by atoms with van der Waals surface area (Å²) < 4.78 is 0. The normalized spacial score (nSPS) is 13.6. The molecule has 6 aromatic carbocycles. The molecule has 0 saturated heterocycles. The van der Waals surface area contributed by atoms with Crippen LogP contribution in [0.2, 0.25) is 20.1 Å². The summed E-state index contributed by atoms with van der Waals surface area (Å²) in [5.74, 6) is -2.01. The quantitative estimate of drug-likeness (QED) is 0.133. The van der Waals surface area contributed by atoms with Gasteiger partial charge in [-0.05, 0) is 83.9 Å². The standard InChI is InChI=1S/C40H22Cl4N4O4/c41-33-15-21(45)3-9-25(33)19-1-7-29-31(13-19)39(51)47(37(29)49)23-5-11-27(35(43)17-23)28-12-6-24(18-36(28)44)48-38(50)30-8-2-20(14-32(30)40(48)52)26-10-4-22(46)16-34(26)42/h1-18H,45-46H2. The number of nitrogens with zero attached hydrogens (tertiary/aromatic N) is 2. The molecule has 8 nitrogen and oxygen atoms in total. The zero-order chi connectivity index (χ0) is 36.6. The molecule has 6 aromatic rings. The maximum Gasteiger partial charge on any atom is 0.266 e. The molecular weight excluding hydrogens is 742 g/mol. The number of carbonyl (C=O) groups excluding carboxylic acids is 4. The van der Waals surface area contributed by atoms with Crippen molar-refractivity contribution < 1.29 is 19.2 Å². The van der Waals surface area contributed by atoms with Gasteiger partial charge in [0.05, 0.1) is 53.7 Å². The maximum atomic E-state index is 13.6. The third kappa shape index (κ3) is 5.39. The summed E-state index contributed by atoms with van der Waals surface area (Å²) in [6.45, 7) is 0. The van der Waals surface area contributed by atoms with Crippen LogP contribution in [0.4, 0.5) is 22.7 Å². The number of hydrogen-bond donors (Lipinski definition) is 2. The first-order valence-electron chi connectivity index (χ1n) is 15.7. The highest BCUT2D eigenvalue weighted by atomic mass is 35.5. The Morgan fingerprint density at radius 2 is 0.673 bits per heavy atom. The lowest BCUT2D eigenvalue weighted by atomic mass is 10.00. The molecule has 2 aliphatic rings. The third-order valence-electron chi connectivity index (χ3n) is 9.09. The minimum Gasteiger partial charge on any atom is -0.399 e. The highest BCUT2D eigenvalue weighted by molar-refractivity contribution is 6.40. The van der Waals surface area contributed by atoms with Crippen LogP contribution in [0.1, 0.15) is 41.4 Å². The number of nitrogen functional groups attached to an aromatic ring is 2. The van der Waals surface area contributed by atoms with Crippen molar-refractivity contribution in [3.8, 4) is 33.4 Å². The lowest BCUT2D eigenvalue weighted by Gasteiger charge is -2.18. The molecule has 0 unspecified atom stereocenters. The number of imide groups is 2. The predicted octanol–water partition coefficient (Wildman–Crippen LogP) is 10.1. The lowest BCUT2D eigenvalue weighted by molar-refractivity contribution is 0.0910. The van der Waals surface area contributed by atoms with Gasteiger partial charge in [-0.1, -0.05) is 82.8 Å². The molecule has 2 aliphatic heterocycles. The molecule has 0 fully saturated rings. The number of fused-ring (bicyclic) bond motifs is 2. The number of nitrogens with two attached hydrogens (primary N) is 2. The fourth-order valence-corrected chi connectivity index (χ4v) is 7.69. The Balaban J connectivity index is 1.05. The molecule has 254 valence electrons. The summed E-state index contributed by atoms with van der Waals surface area (Å²) in [6, 6.07) is 29.6. The van der Waals surface area contributed by atoms with E-state index in [1.807, 2.05) is 0 Å². The second-order valence-corrected chi connectivity index (χ2v) is 13.8. The van der Waals surface area contributed by atoms with E-state index in [1.165, 1.54) is 12.1 Å². The van der Waals surface area contributed by atoms with Crippen molar-refractivity contribution in [2.45, 2.75) is 0 Å². The molecule has 8 rings (SSSR count). The molecule has 4 N–H and O–H groups in total. The molecule has 0 aromatic heterocycles. The zero-order valence-electron chi connectivity index (χ0n) is 26.6. The van der Waals surface area contributed by atoms with Gasteiger partial charge >= 0.3 is 0 Å². The molecule has 0 aliphatic carbocycles. The van der Waals surface area contributed by atoms with Crippen LogP contribution in [-0.2, 0) is 0 Å². The number of anilines is 4. The van der Waals surface area contributed by atoms with Gasteiger partial charge in [0.2, 0.25) is 0 Å². The van der Waals surface area contributed by atoms with Crippen molar-refractivity contribution >= 4 is 92.8 Å². The second kappa shape index (κ2) is 12.5. The van der Waals surface area contributed by atoms with E-state index in [0.717, 1.165) is 9.80 Å². The van der Waals surface area contributed by atoms with Gasteiger partial charge in [0.25, 0.3) is 23.6 Å². The first kappa shape index (κ1) is 33.5. The largest absolute Gasteiger partial charge is 0.399 e. The number of hydrogen-bond acceptors (Lipinski definition) is 6. The monoisotopic (exact) mass is 762 g/mol. The van der Waals surface area contributed by atoms with Gasteiger partial charge in [-0.3, -0.25) is 19.2 Å². The first-order chi connectivity index (χ1) is 24.9. The number of benzene rings is 6. The van der Waals surface area contributed by atoms with Gasteiger partial charge in [-0.15, -0.1) is 0 Å². The fourth-order valence-electron chi connectivity index (χ4n) is 6.54. The SMILES string of the molecule is Nc1ccc(-c2ccc3c(c2)C(=O)N(c2ccc(-c4ccc(N5C(=O)c6ccc(-c7ccc(N)cc7Cl)cc6C5=O)cc4Cl)c(Cl)c2)C3=O)c(Cl)c1. The zero-order valence-corrected chi connectivity index (χ0v) is 29.6. The summed E-state index contributed by atoms with van der Waals surface area (Å²) in [6.07, 6.45) is 0. The minimum absolute atomic E-state index is 0.215. The molecule has 0 saturated carbocycles. The van der Waals surface area contributed by atoms with E-state index in [4.69, 9.17) is 57.9 Å². The average molecular weight is 764 g/mol. The summed E-state index contributed by atoms with van der Waals surface area (Å²) in [7, 11) is 0. The smallest absolute Gasteiger partial charge is 0.266 e. The highest BCUT2D eigenvalue weighted by Crippen LogP contribution is 2.41. The van der Waals surface area contributed by atoms with E-state index in [2.05, 4.69) is 0 Å². The van der Waals surface area contributed by atoms with E-state index >= 15 is 0 Å². The van der Waals surface area contributed by atoms with Crippen molar-refractivity contribution in [1.29, 1.82) is 0 Å². The summed E-state index contributed by atoms with van der Waals surface area (Å²) in [5, 5.41) is 1.27. The summed E-state index contributed by atoms with van der Waals surface area (Å²) in [5.41, 5.74) is 17.8. The van der Waals surface area contributed by atoms with E-state index in [0.29, 0.717) is 54.8 Å². The Labute approximate surface area is 316 Å². The van der Waals surface area contributed by atoms with Crippen LogP contribution < -0.4 is 21.3 Å². The van der Waals surface area contributed by atoms with Crippen LogP contribution in [0.5, 0.6) is 0 Å². The fraction of sp³-hybridized carbons (Fsp3) is 0. The maximum absolute atomic E-state index is 13.6. The van der Waals surface area contributed by atoms with E-state index in [9.17, 15) is 19.2 Å². The molecule has 12 heteroatoms. The van der Waals surface area contributed by atoms with Crippen molar-refractivity contribution in [1.82, 2.24) is 0 Å². The van der Waals surface area contributed by atoms with Crippen molar-refractivity contribution in [2.24, 2.45) is 0 Å². The minimum atomic E-state index is -0.510. The van der Waals surface area contributed by atoms with Gasteiger partial charge in [0, 0.05) is 33.6 Å². The predicted molar refractivity (Wildman–Crippen MR) is 207 cm³/mol. The van der Waals surface area contributed by atoms with Gasteiger partial charge in [-0.2, -0.15) is 0 Å². The molecule has 2 heterocycles. The van der Waals surface area contributed by atoms with Crippen molar-refractivity contribution in [3.05, 3.63) is 152 Å². The molecule has 0 radical (unpaired) electrons. The number of carbonyl (C=O) groups is 4.